The highest BCUT2D eigenvalue weighted by Gasteiger charge is 2.40. The first-order chi connectivity index (χ1) is 32.7. The molecule has 0 saturated carbocycles. The third-order valence-electron chi connectivity index (χ3n) is 10.8. The quantitative estimate of drug-likeness (QED) is 0.0733. The summed E-state index contributed by atoms with van der Waals surface area (Å²) >= 11 is 0. The number of piperidine rings is 1. The van der Waals surface area contributed by atoms with Crippen molar-refractivity contribution in [1.29, 1.82) is 0 Å². The monoisotopic (exact) mass is 997 g/mol. The first-order valence-electron chi connectivity index (χ1n) is 21.6. The minimum absolute atomic E-state index is 0.00314. The fourth-order valence-electron chi connectivity index (χ4n) is 7.35. The summed E-state index contributed by atoms with van der Waals surface area (Å²) in [6, 6.07) is 21.4. The number of sulfonamides is 2. The van der Waals surface area contributed by atoms with Gasteiger partial charge in [-0.2, -0.15) is 9.10 Å². The highest BCUT2D eigenvalue weighted by molar-refractivity contribution is 7.92. The average molecular weight is 998 g/mol. The van der Waals surface area contributed by atoms with Gasteiger partial charge in [-0.15, -0.1) is 10.2 Å². The van der Waals surface area contributed by atoms with E-state index < -0.39 is 85.6 Å². The highest BCUT2D eigenvalue weighted by Crippen LogP contribution is 2.42. The summed E-state index contributed by atoms with van der Waals surface area (Å²) in [7, 11) is -5.55. The van der Waals surface area contributed by atoms with Gasteiger partial charge in [-0.05, 0) is 97.6 Å². The molecule has 372 valence electrons. The van der Waals surface area contributed by atoms with Crippen LogP contribution in [0.15, 0.2) is 94.7 Å². The second kappa shape index (κ2) is 22.2. The molecule has 0 unspecified atom stereocenters. The minimum Gasteiger partial charge on any atom is -0.497 e. The number of halogens is 1. The van der Waals surface area contributed by atoms with Crippen LogP contribution in [0.25, 0.3) is 11.4 Å². The average Bonchev–Trinajstić information content (AvgIpc) is 3.78. The Balaban J connectivity index is 1.54. The van der Waals surface area contributed by atoms with Gasteiger partial charge in [-0.25, -0.2) is 35.5 Å². The van der Waals surface area contributed by atoms with Crippen LogP contribution in [0.4, 0.5) is 19.7 Å². The Hall–Kier alpha value is -6.60. The number of carbonyl (C=O) groups excluding carboxylic acids is 1. The van der Waals surface area contributed by atoms with E-state index >= 15 is 12.8 Å². The van der Waals surface area contributed by atoms with E-state index in [1.807, 2.05) is 0 Å². The summed E-state index contributed by atoms with van der Waals surface area (Å²) in [5.41, 5.74) is 0.479. The molecular weight excluding hydrogens is 942 g/mol. The summed E-state index contributed by atoms with van der Waals surface area (Å²) in [5, 5.41) is 37.9. The van der Waals surface area contributed by atoms with E-state index in [1.165, 1.54) is 37.1 Å². The number of benzene rings is 4. The zero-order valence-electron chi connectivity index (χ0n) is 38.8. The number of ether oxygens (including phenoxy) is 4. The van der Waals surface area contributed by atoms with Crippen LogP contribution in [-0.4, -0.2) is 135 Å². The number of methoxy groups -OCH3 is 3. The Kier molecular flexibility index (Phi) is 16.7. The van der Waals surface area contributed by atoms with Crippen LogP contribution in [0.2, 0.25) is 0 Å². The van der Waals surface area contributed by atoms with Crippen LogP contribution < -0.4 is 34.5 Å². The molecule has 4 aromatic carbocycles. The second-order valence-corrected chi connectivity index (χ2v) is 20.6. The number of carboxylic acid groups (broad SMARTS) is 1. The number of aromatic nitrogens is 4. The van der Waals surface area contributed by atoms with Gasteiger partial charge in [0.1, 0.15) is 38.8 Å². The molecule has 0 aliphatic carbocycles. The van der Waals surface area contributed by atoms with Crippen molar-refractivity contribution < 1.29 is 60.0 Å². The lowest BCUT2D eigenvalue weighted by molar-refractivity contribution is 0.0494. The van der Waals surface area contributed by atoms with Crippen molar-refractivity contribution >= 4 is 37.9 Å². The molecule has 1 aliphatic rings. The number of alkyl halides is 1. The largest absolute Gasteiger partial charge is 0.497 e. The van der Waals surface area contributed by atoms with Gasteiger partial charge in [0.15, 0.2) is 0 Å². The molecule has 6 rings (SSSR count). The van der Waals surface area contributed by atoms with Gasteiger partial charge in [0, 0.05) is 38.4 Å². The molecule has 69 heavy (non-hydrogen) atoms. The maximum absolute atomic E-state index is 15.9. The normalized spacial score (nSPS) is 15.9. The van der Waals surface area contributed by atoms with Crippen molar-refractivity contribution in [2.24, 2.45) is 0 Å². The molecule has 21 nitrogen and oxygen atoms in total. The lowest BCUT2D eigenvalue weighted by atomic mass is 10.0. The third kappa shape index (κ3) is 13.6. The highest BCUT2D eigenvalue weighted by atomic mass is 32.2. The van der Waals surface area contributed by atoms with E-state index in [2.05, 4.69) is 30.8 Å². The molecule has 5 N–H and O–H groups in total. The molecule has 24 heteroatoms. The lowest BCUT2D eigenvalue weighted by Gasteiger charge is -2.37. The van der Waals surface area contributed by atoms with Crippen molar-refractivity contribution in [1.82, 2.24) is 39.9 Å². The lowest BCUT2D eigenvalue weighted by Crippen LogP contribution is -2.52. The van der Waals surface area contributed by atoms with Crippen LogP contribution in [0.3, 0.4) is 0 Å². The van der Waals surface area contributed by atoms with E-state index in [0.717, 1.165) is 10.4 Å². The van der Waals surface area contributed by atoms with Gasteiger partial charge in [-0.3, -0.25) is 0 Å². The van der Waals surface area contributed by atoms with Crippen molar-refractivity contribution in [2.45, 2.75) is 80.5 Å². The SMILES string of the molecule is COc1ccc(CN(Cc2ccc(OC)cc2)S(=O)(=O)c2c(S(=O)(=O)NC[C@H](O)CNC(=O)OC(C)(C)C)ccc(N3CC[C@@H](NC(=O)O)[C@@H](F)C3)c2-c2nnn(Cc3ccc(OC)cc3)n2)cc1. The first kappa shape index (κ1) is 51.8. The zero-order chi connectivity index (χ0) is 50.1. The molecule has 1 fully saturated rings. The molecule has 2 amide bonds. The van der Waals surface area contributed by atoms with Gasteiger partial charge in [0.2, 0.25) is 25.9 Å². The molecule has 2 heterocycles. The van der Waals surface area contributed by atoms with Crippen molar-refractivity contribution in [2.75, 3.05) is 52.4 Å². The van der Waals surface area contributed by atoms with E-state index in [-0.39, 0.29) is 49.7 Å². The van der Waals surface area contributed by atoms with E-state index in [1.54, 1.807) is 93.6 Å². The second-order valence-electron chi connectivity index (χ2n) is 16.9. The molecule has 0 spiro atoms. The zero-order valence-corrected chi connectivity index (χ0v) is 40.5. The summed E-state index contributed by atoms with van der Waals surface area (Å²) < 4.78 is 102. The van der Waals surface area contributed by atoms with Crippen LogP contribution in [0, 0.1) is 0 Å². The van der Waals surface area contributed by atoms with Crippen LogP contribution in [0.1, 0.15) is 43.9 Å². The number of tetrazole rings is 1. The number of aliphatic hydroxyl groups excluding tert-OH is 1. The Labute approximate surface area is 399 Å². The summed E-state index contributed by atoms with van der Waals surface area (Å²) in [5.74, 6) is 1.24. The van der Waals surface area contributed by atoms with E-state index in [4.69, 9.17) is 18.9 Å². The fourth-order valence-corrected chi connectivity index (χ4v) is 10.8. The molecule has 0 bridgehead atoms. The smallest absolute Gasteiger partial charge is 0.407 e. The number of rotatable bonds is 20. The molecule has 5 aromatic rings. The van der Waals surface area contributed by atoms with Gasteiger partial charge in [0.25, 0.3) is 0 Å². The summed E-state index contributed by atoms with van der Waals surface area (Å²) in [6.07, 6.45) is -5.65. The van der Waals surface area contributed by atoms with E-state index in [0.29, 0.717) is 33.9 Å². The molecule has 1 aliphatic heterocycles. The molecular formula is C45H56FN9O12S2. The van der Waals surface area contributed by atoms with Crippen molar-refractivity contribution in [3.05, 3.63) is 102 Å². The van der Waals surface area contributed by atoms with Gasteiger partial charge >= 0.3 is 12.2 Å². The van der Waals surface area contributed by atoms with Crippen molar-refractivity contribution in [3.63, 3.8) is 0 Å². The van der Waals surface area contributed by atoms with Crippen molar-refractivity contribution in [3.8, 4) is 28.6 Å². The fraction of sp³-hybridized carbons (Fsp3) is 0.400. The number of carbonyl (C=O) groups is 2. The number of aliphatic hydroxyl groups is 1. The Morgan fingerprint density at radius 3 is 1.90 bits per heavy atom. The summed E-state index contributed by atoms with van der Waals surface area (Å²) in [4.78, 5) is 24.9. The van der Waals surface area contributed by atoms with Gasteiger partial charge in [-0.1, -0.05) is 36.4 Å². The Morgan fingerprint density at radius 1 is 0.841 bits per heavy atom. The Morgan fingerprint density at radius 2 is 1.39 bits per heavy atom. The maximum atomic E-state index is 15.9. The predicted molar refractivity (Wildman–Crippen MR) is 250 cm³/mol. The number of hydrogen-bond donors (Lipinski definition) is 5. The topological polar surface area (TPSA) is 266 Å². The van der Waals surface area contributed by atoms with Gasteiger partial charge < -0.3 is 44.7 Å². The number of nitrogens with one attached hydrogen (secondary N) is 3. The van der Waals surface area contributed by atoms with E-state index in [9.17, 15) is 28.2 Å². The van der Waals surface area contributed by atoms with Crippen LogP contribution in [-0.2, 0) is 44.4 Å². The number of hydrogen-bond acceptors (Lipinski definition) is 15. The van der Waals surface area contributed by atoms with Crippen LogP contribution >= 0.6 is 0 Å². The predicted octanol–water partition coefficient (Wildman–Crippen LogP) is 4.15. The number of alkyl carbamates (subject to hydrolysis) is 1. The third-order valence-corrected chi connectivity index (χ3v) is 14.2. The van der Waals surface area contributed by atoms with Gasteiger partial charge in [0.05, 0.1) is 52.1 Å². The standard InChI is InChI=1S/C45H56FN9O12S2/c1-45(2,3)67-44(59)47-23-32(56)24-48-68(60,61)39-20-19-38(53-22-21-37(36(46)28-53)49-43(57)58)40(42-50-52-55(51-42)27-31-11-17-35(66-6)18-12-31)41(39)69(62,63)54(25-29-7-13-33(64-4)14-8-29)26-30-9-15-34(65-5)16-10-30/h7-20,32,36-37,48-49,56H,21-28H2,1-6H3,(H,47,59)(H,57,58)/t32-,36+,37-/m1/s1. The number of anilines is 1. The Bertz CT molecular complexity index is 2730. The molecule has 0 radical (unpaired) electrons. The number of nitrogens with zero attached hydrogens (tertiary/aromatic N) is 6. The maximum Gasteiger partial charge on any atom is 0.407 e. The first-order valence-corrected chi connectivity index (χ1v) is 24.5. The summed E-state index contributed by atoms with van der Waals surface area (Å²) in [6.45, 7) is 2.75. The molecule has 1 aromatic heterocycles. The molecule has 3 atom stereocenters. The molecule has 1 saturated heterocycles. The minimum atomic E-state index is -5.08. The number of amides is 2. The van der Waals surface area contributed by atoms with Crippen LogP contribution in [0.5, 0.6) is 17.2 Å².